The molecule has 2 aliphatic heterocycles. The number of hydrogen-bond donors (Lipinski definition) is 3. The van der Waals surface area contributed by atoms with Gasteiger partial charge in [0, 0.05) is 18.3 Å². The standard InChI is InChI=1S/C14H13FN4O3/c15-9-3-1-2-8(6-9)12-11(13(16)20)10-7-18(14(21)22)4-5-19(10)17-12/h1-3,6-7,17H,4-5H2,(H2,16,20)(H,21,22). The first-order chi connectivity index (χ1) is 10.5. The zero-order chi connectivity index (χ0) is 15.9. The van der Waals surface area contributed by atoms with Gasteiger partial charge in [-0.05, 0) is 12.1 Å². The van der Waals surface area contributed by atoms with Crippen LogP contribution in [0.1, 0.15) is 5.56 Å². The van der Waals surface area contributed by atoms with E-state index in [1.807, 2.05) is 0 Å². The minimum Gasteiger partial charge on any atom is -0.465 e. The van der Waals surface area contributed by atoms with E-state index in [0.717, 1.165) is 4.90 Å². The van der Waals surface area contributed by atoms with Crippen LogP contribution in [0.5, 0.6) is 0 Å². The highest BCUT2D eigenvalue weighted by atomic mass is 19.1. The molecular formula is C14H13FN4O3. The van der Waals surface area contributed by atoms with E-state index in [1.165, 1.54) is 24.4 Å². The van der Waals surface area contributed by atoms with Gasteiger partial charge >= 0.3 is 6.09 Å². The van der Waals surface area contributed by atoms with Crippen LogP contribution < -0.4 is 11.2 Å². The highest BCUT2D eigenvalue weighted by Gasteiger charge is 2.34. The SMILES string of the molecule is NC(=O)C1=C(c2cccc(F)c2)NN2CCN(C(=O)O)C=C12. The predicted octanol–water partition coefficient (Wildman–Crippen LogP) is 0.677. The quantitative estimate of drug-likeness (QED) is 0.746. The average molecular weight is 304 g/mol. The van der Waals surface area contributed by atoms with Gasteiger partial charge in [0.2, 0.25) is 0 Å². The lowest BCUT2D eigenvalue weighted by Gasteiger charge is -2.30. The molecule has 0 atom stereocenters. The number of rotatable bonds is 2. The van der Waals surface area contributed by atoms with Crippen molar-refractivity contribution in [3.8, 4) is 0 Å². The molecular weight excluding hydrogens is 291 g/mol. The number of nitrogens with zero attached hydrogens (tertiary/aromatic N) is 2. The van der Waals surface area contributed by atoms with E-state index in [9.17, 15) is 14.0 Å². The van der Waals surface area contributed by atoms with Crippen LogP contribution in [0.3, 0.4) is 0 Å². The number of nitrogens with two attached hydrogens (primary N) is 1. The molecule has 0 bridgehead atoms. The van der Waals surface area contributed by atoms with E-state index in [0.29, 0.717) is 23.5 Å². The third-order valence-corrected chi connectivity index (χ3v) is 3.49. The van der Waals surface area contributed by atoms with Crippen LogP contribution in [-0.2, 0) is 4.79 Å². The fourth-order valence-corrected chi connectivity index (χ4v) is 2.50. The fourth-order valence-electron chi connectivity index (χ4n) is 2.50. The number of carbonyl (C=O) groups is 2. The van der Waals surface area contributed by atoms with Crippen molar-refractivity contribution in [3.63, 3.8) is 0 Å². The Morgan fingerprint density at radius 1 is 1.32 bits per heavy atom. The Labute approximate surface area is 125 Å². The number of hydrazine groups is 1. The maximum Gasteiger partial charge on any atom is 0.411 e. The van der Waals surface area contributed by atoms with Gasteiger partial charge in [-0.3, -0.25) is 20.1 Å². The molecule has 8 heteroatoms. The Morgan fingerprint density at radius 3 is 2.73 bits per heavy atom. The van der Waals surface area contributed by atoms with Crippen molar-refractivity contribution in [2.45, 2.75) is 0 Å². The van der Waals surface area contributed by atoms with E-state index in [-0.39, 0.29) is 12.1 Å². The maximum absolute atomic E-state index is 13.4. The van der Waals surface area contributed by atoms with Gasteiger partial charge in [0.1, 0.15) is 5.82 Å². The van der Waals surface area contributed by atoms with Gasteiger partial charge in [-0.15, -0.1) is 0 Å². The summed E-state index contributed by atoms with van der Waals surface area (Å²) in [6.07, 6.45) is 0.223. The molecule has 0 saturated carbocycles. The molecule has 7 nitrogen and oxygen atoms in total. The molecule has 0 spiro atoms. The summed E-state index contributed by atoms with van der Waals surface area (Å²) >= 11 is 0. The van der Waals surface area contributed by atoms with Gasteiger partial charge in [0.15, 0.2) is 0 Å². The molecule has 0 aliphatic carbocycles. The third-order valence-electron chi connectivity index (χ3n) is 3.49. The van der Waals surface area contributed by atoms with Crippen molar-refractivity contribution in [2.75, 3.05) is 13.1 Å². The second-order valence-corrected chi connectivity index (χ2v) is 4.88. The highest BCUT2D eigenvalue weighted by Crippen LogP contribution is 2.32. The van der Waals surface area contributed by atoms with Crippen molar-refractivity contribution in [1.82, 2.24) is 15.3 Å². The van der Waals surface area contributed by atoms with Crippen LogP contribution in [0, 0.1) is 5.82 Å². The molecule has 1 aromatic carbocycles. The Kier molecular flexibility index (Phi) is 3.21. The topological polar surface area (TPSA) is 98.9 Å². The minimum absolute atomic E-state index is 0.136. The predicted molar refractivity (Wildman–Crippen MR) is 75.2 cm³/mol. The minimum atomic E-state index is -1.12. The smallest absolute Gasteiger partial charge is 0.411 e. The summed E-state index contributed by atoms with van der Waals surface area (Å²) in [5.74, 6) is -1.16. The zero-order valence-electron chi connectivity index (χ0n) is 11.4. The number of hydrogen-bond acceptors (Lipinski definition) is 4. The number of benzene rings is 1. The summed E-state index contributed by atoms with van der Waals surface area (Å²) in [6.45, 7) is 0.585. The molecule has 0 fully saturated rings. The lowest BCUT2D eigenvalue weighted by Crippen LogP contribution is -2.43. The van der Waals surface area contributed by atoms with E-state index in [1.54, 1.807) is 11.1 Å². The molecule has 22 heavy (non-hydrogen) atoms. The first kappa shape index (κ1) is 13.9. The van der Waals surface area contributed by atoms with Crippen LogP contribution in [0.2, 0.25) is 0 Å². The van der Waals surface area contributed by atoms with Crippen LogP contribution in [0.15, 0.2) is 41.7 Å². The van der Waals surface area contributed by atoms with Crippen LogP contribution >= 0.6 is 0 Å². The van der Waals surface area contributed by atoms with Crippen LogP contribution in [-0.4, -0.2) is 40.1 Å². The normalized spacial score (nSPS) is 17.0. The largest absolute Gasteiger partial charge is 0.465 e. The van der Waals surface area contributed by atoms with Crippen molar-refractivity contribution < 1.29 is 19.1 Å². The summed E-state index contributed by atoms with van der Waals surface area (Å²) in [7, 11) is 0. The second-order valence-electron chi connectivity index (χ2n) is 4.88. The zero-order valence-corrected chi connectivity index (χ0v) is 11.4. The molecule has 4 N–H and O–H groups in total. The molecule has 3 rings (SSSR count). The molecule has 0 radical (unpaired) electrons. The molecule has 2 heterocycles. The van der Waals surface area contributed by atoms with Crippen molar-refractivity contribution in [1.29, 1.82) is 0 Å². The number of fused-ring (bicyclic) bond motifs is 1. The molecule has 1 aromatic rings. The average Bonchev–Trinajstić information content (AvgIpc) is 2.85. The van der Waals surface area contributed by atoms with Gasteiger partial charge in [0.05, 0.1) is 23.5 Å². The van der Waals surface area contributed by atoms with Crippen molar-refractivity contribution in [2.24, 2.45) is 5.73 Å². The number of carboxylic acid groups (broad SMARTS) is 1. The summed E-state index contributed by atoms with van der Waals surface area (Å²) in [5.41, 5.74) is 9.74. The highest BCUT2D eigenvalue weighted by molar-refractivity contribution is 6.05. The first-order valence-electron chi connectivity index (χ1n) is 6.53. The van der Waals surface area contributed by atoms with Crippen molar-refractivity contribution in [3.05, 3.63) is 53.1 Å². The van der Waals surface area contributed by atoms with E-state index in [2.05, 4.69) is 5.43 Å². The molecule has 2 aliphatic rings. The second kappa shape index (κ2) is 5.06. The lowest BCUT2D eigenvalue weighted by atomic mass is 10.0. The molecule has 114 valence electrons. The van der Waals surface area contributed by atoms with Crippen LogP contribution in [0.4, 0.5) is 9.18 Å². The van der Waals surface area contributed by atoms with Gasteiger partial charge in [-0.2, -0.15) is 0 Å². The Morgan fingerprint density at radius 2 is 2.09 bits per heavy atom. The van der Waals surface area contributed by atoms with E-state index < -0.39 is 17.8 Å². The van der Waals surface area contributed by atoms with Gasteiger partial charge < -0.3 is 10.8 Å². The molecule has 2 amide bonds. The maximum atomic E-state index is 13.4. The Hall–Kier alpha value is -3.03. The monoisotopic (exact) mass is 304 g/mol. The number of halogens is 1. The van der Waals surface area contributed by atoms with Gasteiger partial charge in [-0.25, -0.2) is 9.18 Å². The summed E-state index contributed by atoms with van der Waals surface area (Å²) in [5, 5.41) is 10.7. The summed E-state index contributed by atoms with van der Waals surface area (Å²) < 4.78 is 13.4. The molecule has 0 unspecified atom stereocenters. The summed E-state index contributed by atoms with van der Waals surface area (Å²) in [6, 6.07) is 5.73. The molecule has 0 saturated heterocycles. The van der Waals surface area contributed by atoms with Crippen LogP contribution in [0.25, 0.3) is 5.70 Å². The number of carbonyl (C=O) groups excluding carboxylic acids is 1. The van der Waals surface area contributed by atoms with E-state index in [4.69, 9.17) is 10.8 Å². The fraction of sp³-hybridized carbons (Fsp3) is 0.143. The Bertz CT molecular complexity index is 729. The number of amides is 2. The van der Waals surface area contributed by atoms with Gasteiger partial charge in [0.25, 0.3) is 5.91 Å². The van der Waals surface area contributed by atoms with Crippen molar-refractivity contribution >= 4 is 17.7 Å². The van der Waals surface area contributed by atoms with Gasteiger partial charge in [-0.1, -0.05) is 12.1 Å². The number of primary amides is 1. The number of nitrogens with one attached hydrogen (secondary N) is 1. The lowest BCUT2D eigenvalue weighted by molar-refractivity contribution is -0.114. The Balaban J connectivity index is 2.11. The molecule has 0 aromatic heterocycles. The van der Waals surface area contributed by atoms with E-state index >= 15 is 0 Å². The summed E-state index contributed by atoms with van der Waals surface area (Å²) in [4.78, 5) is 23.9. The first-order valence-corrected chi connectivity index (χ1v) is 6.53. The third kappa shape index (κ3) is 2.24.